The van der Waals surface area contributed by atoms with Crippen LogP contribution in [0.4, 0.5) is 30.2 Å². The summed E-state index contributed by atoms with van der Waals surface area (Å²) in [5, 5.41) is 22.2. The maximum atomic E-state index is 13.2. The fraction of sp³-hybridized carbons (Fsp3) is 0.263. The van der Waals surface area contributed by atoms with Gasteiger partial charge in [-0.25, -0.2) is 0 Å². The van der Waals surface area contributed by atoms with Gasteiger partial charge in [0.25, 0.3) is 11.6 Å². The first-order valence-corrected chi connectivity index (χ1v) is 8.69. The maximum Gasteiger partial charge on any atom is 0.417 e. The van der Waals surface area contributed by atoms with Crippen LogP contribution in [0.2, 0.25) is 0 Å². The number of carbonyl (C=O) groups is 1. The number of nitrogens with zero attached hydrogens (tertiary/aromatic N) is 3. The molecule has 0 spiro atoms. The molecule has 0 bridgehead atoms. The normalized spacial score (nSPS) is 18.7. The second-order valence-corrected chi connectivity index (χ2v) is 6.51. The summed E-state index contributed by atoms with van der Waals surface area (Å²) in [6.45, 7) is 1.58. The lowest BCUT2D eigenvalue weighted by atomic mass is 10.1. The number of hydrogen-bond acceptors (Lipinski definition) is 6. The van der Waals surface area contributed by atoms with Crippen LogP contribution >= 0.6 is 0 Å². The van der Waals surface area contributed by atoms with Crippen molar-refractivity contribution < 1.29 is 27.6 Å². The van der Waals surface area contributed by atoms with Crippen molar-refractivity contribution in [2.24, 2.45) is 0 Å². The first-order chi connectivity index (χ1) is 14.1. The van der Waals surface area contributed by atoms with E-state index in [0.29, 0.717) is 5.69 Å². The largest absolute Gasteiger partial charge is 0.417 e. The van der Waals surface area contributed by atoms with E-state index in [-0.39, 0.29) is 17.9 Å². The molecule has 3 rings (SSSR count). The van der Waals surface area contributed by atoms with Gasteiger partial charge >= 0.3 is 6.18 Å². The fourth-order valence-corrected chi connectivity index (χ4v) is 3.07. The number of non-ortho nitro benzene ring substituents is 1. The van der Waals surface area contributed by atoms with Gasteiger partial charge in [0.2, 0.25) is 0 Å². The standard InChI is InChI=1S/C19H15F3N4O4/c1-11-25(15-5-2-12(9-23)16(8-15)19(20,21)22)10-17(30-11)18(27)24-13-3-6-14(7-4-13)26(28)29/h2-8,11,17H,10H2,1H3,(H,24,27)/t11-,17+/m1/s1. The summed E-state index contributed by atoms with van der Waals surface area (Å²) >= 11 is 0. The van der Waals surface area contributed by atoms with E-state index in [9.17, 15) is 28.1 Å². The second-order valence-electron chi connectivity index (χ2n) is 6.51. The van der Waals surface area contributed by atoms with Crippen molar-refractivity contribution in [2.75, 3.05) is 16.8 Å². The van der Waals surface area contributed by atoms with E-state index < -0.39 is 40.5 Å². The smallest absolute Gasteiger partial charge is 0.344 e. The third-order valence-electron chi connectivity index (χ3n) is 4.56. The second kappa shape index (κ2) is 8.00. The SMILES string of the molecule is C[C@H]1O[C@H](C(=O)Nc2ccc([N+](=O)[O-])cc2)CN1c1ccc(C#N)c(C(F)(F)F)c1. The zero-order valence-electron chi connectivity index (χ0n) is 15.5. The lowest BCUT2D eigenvalue weighted by Gasteiger charge is -2.23. The minimum Gasteiger partial charge on any atom is -0.344 e. The zero-order valence-corrected chi connectivity index (χ0v) is 15.5. The molecule has 11 heteroatoms. The number of nitriles is 1. The summed E-state index contributed by atoms with van der Waals surface area (Å²) in [5.74, 6) is -0.539. The summed E-state index contributed by atoms with van der Waals surface area (Å²) in [6, 6.07) is 10.0. The first-order valence-electron chi connectivity index (χ1n) is 8.69. The molecule has 1 fully saturated rings. The van der Waals surface area contributed by atoms with Crippen LogP contribution in [0.15, 0.2) is 42.5 Å². The van der Waals surface area contributed by atoms with Crippen molar-refractivity contribution in [1.29, 1.82) is 5.26 Å². The van der Waals surface area contributed by atoms with E-state index in [1.165, 1.54) is 41.3 Å². The summed E-state index contributed by atoms with van der Waals surface area (Å²) in [5.41, 5.74) is -1.20. The molecule has 2 atom stereocenters. The Morgan fingerprint density at radius 2 is 1.97 bits per heavy atom. The Labute approximate surface area is 168 Å². The highest BCUT2D eigenvalue weighted by Gasteiger charge is 2.38. The minimum atomic E-state index is -4.70. The number of ether oxygens (including phenoxy) is 1. The van der Waals surface area contributed by atoms with Gasteiger partial charge in [-0.1, -0.05) is 0 Å². The van der Waals surface area contributed by atoms with Crippen LogP contribution in [0.5, 0.6) is 0 Å². The highest BCUT2D eigenvalue weighted by Crippen LogP contribution is 2.36. The molecule has 8 nitrogen and oxygen atoms in total. The lowest BCUT2D eigenvalue weighted by molar-refractivity contribution is -0.384. The van der Waals surface area contributed by atoms with Crippen molar-refractivity contribution >= 4 is 23.0 Å². The molecule has 30 heavy (non-hydrogen) atoms. The van der Waals surface area contributed by atoms with Crippen molar-refractivity contribution in [2.45, 2.75) is 25.4 Å². The van der Waals surface area contributed by atoms with Gasteiger partial charge in [0.15, 0.2) is 6.10 Å². The number of benzene rings is 2. The van der Waals surface area contributed by atoms with Gasteiger partial charge in [-0.2, -0.15) is 18.4 Å². The monoisotopic (exact) mass is 420 g/mol. The third-order valence-corrected chi connectivity index (χ3v) is 4.56. The Bertz CT molecular complexity index is 1020. The molecule has 156 valence electrons. The predicted octanol–water partition coefficient (Wildman–Crippen LogP) is 3.68. The molecule has 0 unspecified atom stereocenters. The number of anilines is 2. The van der Waals surface area contributed by atoms with Crippen LogP contribution in [0, 0.1) is 21.4 Å². The van der Waals surface area contributed by atoms with Crippen molar-refractivity contribution in [1.82, 2.24) is 0 Å². The van der Waals surface area contributed by atoms with Gasteiger partial charge in [-0.05, 0) is 37.3 Å². The van der Waals surface area contributed by atoms with Gasteiger partial charge in [0, 0.05) is 23.5 Å². The van der Waals surface area contributed by atoms with Gasteiger partial charge in [-0.3, -0.25) is 14.9 Å². The van der Waals surface area contributed by atoms with E-state index in [1.54, 1.807) is 6.92 Å². The number of carbonyl (C=O) groups excluding carboxylic acids is 1. The fourth-order valence-electron chi connectivity index (χ4n) is 3.07. The molecule has 0 saturated carbocycles. The highest BCUT2D eigenvalue weighted by molar-refractivity contribution is 5.95. The molecule has 0 aromatic heterocycles. The molecule has 1 aliphatic rings. The molecule has 0 aliphatic carbocycles. The summed E-state index contributed by atoms with van der Waals surface area (Å²) in [4.78, 5) is 24.1. The molecule has 1 aliphatic heterocycles. The number of halogens is 3. The van der Waals surface area contributed by atoms with Gasteiger partial charge in [-0.15, -0.1) is 0 Å². The molecule has 2 aromatic rings. The zero-order chi connectivity index (χ0) is 22.1. The Balaban J connectivity index is 1.74. The first kappa shape index (κ1) is 21.1. The number of alkyl halides is 3. The molecule has 1 saturated heterocycles. The Morgan fingerprint density at radius 3 is 2.53 bits per heavy atom. The summed E-state index contributed by atoms with van der Waals surface area (Å²) in [7, 11) is 0. The van der Waals surface area contributed by atoms with Crippen LogP contribution in [-0.4, -0.2) is 29.7 Å². The van der Waals surface area contributed by atoms with Gasteiger partial charge < -0.3 is 15.0 Å². The summed E-state index contributed by atoms with van der Waals surface area (Å²) < 4.78 is 45.2. The Hall–Kier alpha value is -3.65. The Morgan fingerprint density at radius 1 is 1.30 bits per heavy atom. The number of hydrogen-bond donors (Lipinski definition) is 1. The molecule has 2 aromatic carbocycles. The lowest BCUT2D eigenvalue weighted by Crippen LogP contribution is -2.32. The van der Waals surface area contributed by atoms with Crippen molar-refractivity contribution in [3.63, 3.8) is 0 Å². The average molecular weight is 420 g/mol. The quantitative estimate of drug-likeness (QED) is 0.597. The van der Waals surface area contributed by atoms with Crippen LogP contribution in [0.3, 0.4) is 0 Å². The number of amides is 1. The number of rotatable bonds is 4. The van der Waals surface area contributed by atoms with Gasteiger partial charge in [0.05, 0.1) is 28.7 Å². The van der Waals surface area contributed by atoms with Crippen LogP contribution in [0.1, 0.15) is 18.1 Å². The molecular weight excluding hydrogens is 405 g/mol. The number of nitrogens with one attached hydrogen (secondary N) is 1. The molecule has 1 amide bonds. The van der Waals surface area contributed by atoms with Crippen LogP contribution < -0.4 is 10.2 Å². The van der Waals surface area contributed by atoms with Gasteiger partial charge in [0.1, 0.15) is 6.23 Å². The average Bonchev–Trinajstić information content (AvgIpc) is 3.09. The van der Waals surface area contributed by atoms with E-state index in [2.05, 4.69) is 5.32 Å². The van der Waals surface area contributed by atoms with E-state index >= 15 is 0 Å². The third kappa shape index (κ3) is 4.33. The van der Waals surface area contributed by atoms with E-state index in [0.717, 1.165) is 12.1 Å². The number of nitro benzene ring substituents is 1. The molecule has 1 heterocycles. The summed E-state index contributed by atoms with van der Waals surface area (Å²) in [6.07, 6.45) is -6.36. The van der Waals surface area contributed by atoms with Crippen molar-refractivity contribution in [3.05, 3.63) is 63.7 Å². The van der Waals surface area contributed by atoms with E-state index in [1.807, 2.05) is 0 Å². The van der Waals surface area contributed by atoms with Crippen LogP contribution in [0.25, 0.3) is 0 Å². The molecule has 0 radical (unpaired) electrons. The molecule has 1 N–H and O–H groups in total. The topological polar surface area (TPSA) is 108 Å². The number of nitro groups is 1. The minimum absolute atomic E-state index is 0.0107. The predicted molar refractivity (Wildman–Crippen MR) is 99.6 cm³/mol. The molecular formula is C19H15F3N4O4. The van der Waals surface area contributed by atoms with Crippen LogP contribution in [-0.2, 0) is 15.7 Å². The maximum absolute atomic E-state index is 13.2. The highest BCUT2D eigenvalue weighted by atomic mass is 19.4. The Kier molecular flexibility index (Phi) is 5.62. The van der Waals surface area contributed by atoms with Crippen molar-refractivity contribution in [3.8, 4) is 6.07 Å². The van der Waals surface area contributed by atoms with E-state index in [4.69, 9.17) is 10.00 Å².